The summed E-state index contributed by atoms with van der Waals surface area (Å²) < 4.78 is 11.3. The number of ketones is 1. The number of aryl methyl sites for hydroxylation is 1. The van der Waals surface area contributed by atoms with Gasteiger partial charge < -0.3 is 9.15 Å². The number of fused-ring (bicyclic) bond motifs is 1. The number of unbranched alkanes of at least 4 members (excludes halogenated alkanes) is 1. The summed E-state index contributed by atoms with van der Waals surface area (Å²) in [6.45, 7) is 6.07. The van der Waals surface area contributed by atoms with E-state index in [0.717, 1.165) is 18.4 Å². The molecule has 1 aromatic heterocycles. The van der Waals surface area contributed by atoms with Crippen LogP contribution >= 0.6 is 0 Å². The van der Waals surface area contributed by atoms with Crippen molar-refractivity contribution in [3.8, 4) is 5.75 Å². The van der Waals surface area contributed by atoms with Gasteiger partial charge in [0.25, 0.3) is 0 Å². The topological polar surface area (TPSA) is 56.5 Å². The number of hydrogen-bond donors (Lipinski definition) is 0. The molecule has 21 heavy (non-hydrogen) atoms. The van der Waals surface area contributed by atoms with E-state index in [1.165, 1.54) is 13.0 Å². The second-order valence-electron chi connectivity index (χ2n) is 5.27. The van der Waals surface area contributed by atoms with Gasteiger partial charge in [-0.2, -0.15) is 0 Å². The number of benzene rings is 1. The quantitative estimate of drug-likeness (QED) is 0.764. The summed E-state index contributed by atoms with van der Waals surface area (Å²) >= 11 is 0. The molecule has 1 heterocycles. The van der Waals surface area contributed by atoms with Crippen molar-refractivity contribution in [2.75, 3.05) is 6.61 Å². The van der Waals surface area contributed by atoms with Crippen LogP contribution in [0.25, 0.3) is 11.0 Å². The molecular weight excluding hydrogens is 268 g/mol. The Bertz CT molecular complexity index is 713. The second kappa shape index (κ2) is 6.57. The van der Waals surface area contributed by atoms with Crippen molar-refractivity contribution in [1.82, 2.24) is 0 Å². The monoisotopic (exact) mass is 288 g/mol. The Morgan fingerprint density at radius 3 is 2.71 bits per heavy atom. The molecule has 0 N–H and O–H groups in total. The number of carbonyl (C=O) groups is 1. The van der Waals surface area contributed by atoms with Crippen molar-refractivity contribution >= 4 is 16.8 Å². The summed E-state index contributed by atoms with van der Waals surface area (Å²) in [7, 11) is 0. The lowest BCUT2D eigenvalue weighted by Crippen LogP contribution is -2.07. The molecule has 0 bridgehead atoms. The average Bonchev–Trinajstić information content (AvgIpc) is 2.37. The molecule has 0 amide bonds. The fourth-order valence-electron chi connectivity index (χ4n) is 2.26. The lowest BCUT2D eigenvalue weighted by molar-refractivity contribution is -0.116. The third kappa shape index (κ3) is 3.72. The first kappa shape index (κ1) is 15.3. The van der Waals surface area contributed by atoms with Crippen molar-refractivity contribution in [1.29, 1.82) is 0 Å². The Morgan fingerprint density at radius 1 is 1.29 bits per heavy atom. The maximum atomic E-state index is 12.2. The summed E-state index contributed by atoms with van der Waals surface area (Å²) in [5.41, 5.74) is 1.18. The van der Waals surface area contributed by atoms with Crippen molar-refractivity contribution in [2.45, 2.75) is 40.0 Å². The van der Waals surface area contributed by atoms with Gasteiger partial charge in [0.2, 0.25) is 0 Å². The third-order valence-electron chi connectivity index (χ3n) is 3.24. The molecule has 0 spiro atoms. The molecule has 0 atom stereocenters. The fourth-order valence-corrected chi connectivity index (χ4v) is 2.26. The molecule has 0 aliphatic carbocycles. The van der Waals surface area contributed by atoms with E-state index in [1.54, 1.807) is 6.07 Å². The number of Topliss-reactive ketones (excluding diaryl/α,β-unsaturated/α-hetero) is 1. The molecule has 2 rings (SSSR count). The van der Waals surface area contributed by atoms with E-state index in [-0.39, 0.29) is 17.6 Å². The van der Waals surface area contributed by atoms with E-state index in [2.05, 4.69) is 6.92 Å². The highest BCUT2D eigenvalue weighted by Crippen LogP contribution is 2.24. The number of carbonyl (C=O) groups excluding carboxylic acids is 1. The first-order chi connectivity index (χ1) is 10.0. The van der Waals surface area contributed by atoms with Crippen molar-refractivity contribution in [2.24, 2.45) is 0 Å². The van der Waals surface area contributed by atoms with E-state index < -0.39 is 0 Å². The van der Waals surface area contributed by atoms with E-state index >= 15 is 0 Å². The average molecular weight is 288 g/mol. The maximum Gasteiger partial charge on any atom is 0.193 e. The van der Waals surface area contributed by atoms with Crippen LogP contribution in [0.5, 0.6) is 5.75 Å². The van der Waals surface area contributed by atoms with Gasteiger partial charge in [0.05, 0.1) is 18.4 Å². The molecule has 4 heteroatoms. The van der Waals surface area contributed by atoms with Crippen LogP contribution in [0.2, 0.25) is 0 Å². The van der Waals surface area contributed by atoms with Crippen LogP contribution < -0.4 is 10.2 Å². The lowest BCUT2D eigenvalue weighted by Gasteiger charge is -2.09. The van der Waals surface area contributed by atoms with Gasteiger partial charge in [-0.3, -0.25) is 9.59 Å². The molecule has 0 saturated heterocycles. The zero-order valence-electron chi connectivity index (χ0n) is 12.7. The third-order valence-corrected chi connectivity index (χ3v) is 3.24. The van der Waals surface area contributed by atoms with Crippen LogP contribution in [0.1, 0.15) is 38.0 Å². The highest BCUT2D eigenvalue weighted by atomic mass is 16.5. The van der Waals surface area contributed by atoms with Crippen LogP contribution in [0, 0.1) is 6.92 Å². The van der Waals surface area contributed by atoms with Crippen LogP contribution in [0.3, 0.4) is 0 Å². The summed E-state index contributed by atoms with van der Waals surface area (Å²) in [6.07, 6.45) is 2.17. The van der Waals surface area contributed by atoms with E-state index in [4.69, 9.17) is 9.15 Å². The van der Waals surface area contributed by atoms with Crippen LogP contribution in [0.4, 0.5) is 0 Å². The molecule has 4 nitrogen and oxygen atoms in total. The lowest BCUT2D eigenvalue weighted by atomic mass is 10.1. The van der Waals surface area contributed by atoms with E-state index in [9.17, 15) is 9.59 Å². The van der Waals surface area contributed by atoms with Gasteiger partial charge in [0, 0.05) is 12.1 Å². The summed E-state index contributed by atoms with van der Waals surface area (Å²) in [4.78, 5) is 23.3. The molecule has 0 aliphatic heterocycles. The molecule has 2 aromatic rings. The SMILES string of the molecule is CCCCOc1cc(C)c2c(=O)cc(CC(C)=O)oc2c1. The number of ether oxygens (including phenoxy) is 1. The van der Waals surface area contributed by atoms with Gasteiger partial charge in [0.1, 0.15) is 22.9 Å². The van der Waals surface area contributed by atoms with Gasteiger partial charge in [-0.1, -0.05) is 13.3 Å². The Kier molecular flexibility index (Phi) is 4.78. The molecule has 1 aromatic carbocycles. The Morgan fingerprint density at radius 2 is 2.05 bits per heavy atom. The highest BCUT2D eigenvalue weighted by Gasteiger charge is 2.11. The van der Waals surface area contributed by atoms with Gasteiger partial charge >= 0.3 is 0 Å². The predicted octanol–water partition coefficient (Wildman–Crippen LogP) is 3.41. The second-order valence-corrected chi connectivity index (χ2v) is 5.27. The first-order valence-corrected chi connectivity index (χ1v) is 7.21. The molecule has 0 aliphatic rings. The zero-order chi connectivity index (χ0) is 15.4. The molecular formula is C17H20O4. The maximum absolute atomic E-state index is 12.2. The summed E-state index contributed by atoms with van der Waals surface area (Å²) in [5.74, 6) is 1.05. The van der Waals surface area contributed by atoms with Crippen molar-refractivity contribution in [3.05, 3.63) is 39.7 Å². The zero-order valence-corrected chi connectivity index (χ0v) is 12.7. The van der Waals surface area contributed by atoms with Gasteiger partial charge in [0.15, 0.2) is 5.43 Å². The molecule has 0 radical (unpaired) electrons. The summed E-state index contributed by atoms with van der Waals surface area (Å²) in [6, 6.07) is 4.97. The molecule has 112 valence electrons. The Labute approximate surface area is 123 Å². The van der Waals surface area contributed by atoms with E-state index in [0.29, 0.717) is 29.1 Å². The Hall–Kier alpha value is -2.10. The fraction of sp³-hybridized carbons (Fsp3) is 0.412. The Balaban J connectivity index is 2.44. The minimum Gasteiger partial charge on any atom is -0.493 e. The van der Waals surface area contributed by atoms with Crippen molar-refractivity contribution < 1.29 is 13.9 Å². The minimum atomic E-state index is -0.120. The smallest absolute Gasteiger partial charge is 0.193 e. The van der Waals surface area contributed by atoms with Gasteiger partial charge in [-0.25, -0.2) is 0 Å². The van der Waals surface area contributed by atoms with E-state index in [1.807, 2.05) is 13.0 Å². The molecule has 0 saturated carbocycles. The number of rotatable bonds is 6. The van der Waals surface area contributed by atoms with Gasteiger partial charge in [-0.15, -0.1) is 0 Å². The van der Waals surface area contributed by atoms with Crippen LogP contribution in [0.15, 0.2) is 27.4 Å². The first-order valence-electron chi connectivity index (χ1n) is 7.21. The van der Waals surface area contributed by atoms with Gasteiger partial charge in [-0.05, 0) is 31.9 Å². The van der Waals surface area contributed by atoms with Crippen LogP contribution in [-0.4, -0.2) is 12.4 Å². The largest absolute Gasteiger partial charge is 0.493 e. The predicted molar refractivity (Wildman–Crippen MR) is 82.0 cm³/mol. The molecule has 0 fully saturated rings. The number of hydrogen-bond acceptors (Lipinski definition) is 4. The standard InChI is InChI=1S/C17H20O4/c1-4-5-6-20-13-7-11(2)17-15(19)9-14(8-12(3)18)21-16(17)10-13/h7,9-10H,4-6,8H2,1-3H3. The normalized spacial score (nSPS) is 10.8. The summed E-state index contributed by atoms with van der Waals surface area (Å²) in [5, 5.41) is 0.546. The minimum absolute atomic E-state index is 0.0374. The molecule has 0 unspecified atom stereocenters. The van der Waals surface area contributed by atoms with Crippen molar-refractivity contribution in [3.63, 3.8) is 0 Å². The highest BCUT2D eigenvalue weighted by molar-refractivity contribution is 5.83. The van der Waals surface area contributed by atoms with Crippen LogP contribution in [-0.2, 0) is 11.2 Å².